The highest BCUT2D eigenvalue weighted by molar-refractivity contribution is 5.97. The molecule has 0 saturated heterocycles. The van der Waals surface area contributed by atoms with E-state index < -0.39 is 5.97 Å². The number of carbonyl (C=O) groups is 2. The van der Waals surface area contributed by atoms with Crippen LogP contribution in [0.4, 0.5) is 0 Å². The van der Waals surface area contributed by atoms with Crippen molar-refractivity contribution in [3.8, 4) is 0 Å². The van der Waals surface area contributed by atoms with Gasteiger partial charge in [0, 0.05) is 23.1 Å². The fraction of sp³-hybridized carbons (Fsp3) is 0.500. The third kappa shape index (κ3) is 4.03. The minimum absolute atomic E-state index is 0.233. The van der Waals surface area contributed by atoms with Gasteiger partial charge in [0.2, 0.25) is 0 Å². The van der Waals surface area contributed by atoms with E-state index in [1.807, 2.05) is 12.1 Å². The molecule has 1 aromatic carbocycles. The number of nitrogens with one attached hydrogen (secondary N) is 2. The summed E-state index contributed by atoms with van der Waals surface area (Å²) in [7, 11) is 0. The van der Waals surface area contributed by atoms with Crippen LogP contribution in [0.15, 0.2) is 18.2 Å². The van der Waals surface area contributed by atoms with E-state index in [1.165, 1.54) is 17.7 Å². The van der Waals surface area contributed by atoms with Gasteiger partial charge in [-0.05, 0) is 55.4 Å². The molecule has 1 heterocycles. The molecule has 0 radical (unpaired) electrons. The van der Waals surface area contributed by atoms with E-state index in [9.17, 15) is 9.59 Å². The molecule has 1 atom stereocenters. The number of hydrogen-bond donors (Lipinski definition) is 2. The molecular weight excluding hydrogens is 316 g/mol. The molecule has 134 valence electrons. The van der Waals surface area contributed by atoms with E-state index in [0.717, 1.165) is 36.6 Å². The number of aromatic nitrogens is 1. The van der Waals surface area contributed by atoms with Crippen LogP contribution in [0.2, 0.25) is 0 Å². The zero-order chi connectivity index (χ0) is 17.8. The average Bonchev–Trinajstić information content (AvgIpc) is 2.97. The van der Waals surface area contributed by atoms with Gasteiger partial charge in [-0.2, -0.15) is 0 Å². The minimum atomic E-state index is -0.452. The number of fused-ring (bicyclic) bond motifs is 3. The van der Waals surface area contributed by atoms with Crippen molar-refractivity contribution >= 4 is 22.8 Å². The Labute approximate surface area is 148 Å². The number of carbonyl (C=O) groups excluding carboxylic acids is 2. The van der Waals surface area contributed by atoms with Gasteiger partial charge in [0.1, 0.15) is 0 Å². The summed E-state index contributed by atoms with van der Waals surface area (Å²) in [6.45, 7) is 4.70. The standard InChI is InChI=1S/C20H26N2O3/c1-3-4-9-21-19(23)12-25-20(24)14-6-8-18-16(11-14)15-10-13(2)5-7-17(15)22-18/h6,8,11,13,22H,3-5,7,9-10,12H2,1-2H3,(H,21,23)/t13-/m0/s1. The van der Waals surface area contributed by atoms with E-state index in [4.69, 9.17) is 4.74 Å². The van der Waals surface area contributed by atoms with Gasteiger partial charge in [0.05, 0.1) is 5.56 Å². The Bertz CT molecular complexity index is 779. The Morgan fingerprint density at radius 3 is 3.00 bits per heavy atom. The van der Waals surface area contributed by atoms with Crippen LogP contribution in [0.25, 0.3) is 10.9 Å². The van der Waals surface area contributed by atoms with E-state index in [-0.39, 0.29) is 12.5 Å². The summed E-state index contributed by atoms with van der Waals surface area (Å²) >= 11 is 0. The highest BCUT2D eigenvalue weighted by Crippen LogP contribution is 2.32. The van der Waals surface area contributed by atoms with E-state index in [0.29, 0.717) is 18.0 Å². The third-order valence-electron chi connectivity index (χ3n) is 4.86. The first-order valence-corrected chi connectivity index (χ1v) is 9.15. The lowest BCUT2D eigenvalue weighted by Gasteiger charge is -2.18. The maximum Gasteiger partial charge on any atom is 0.338 e. The number of ether oxygens (including phenoxy) is 1. The lowest BCUT2D eigenvalue weighted by atomic mass is 9.87. The summed E-state index contributed by atoms with van der Waals surface area (Å²) in [4.78, 5) is 27.4. The summed E-state index contributed by atoms with van der Waals surface area (Å²) in [5, 5.41) is 3.84. The molecule has 1 amide bonds. The number of rotatable bonds is 6. The molecule has 5 heteroatoms. The molecule has 2 N–H and O–H groups in total. The molecule has 0 aliphatic heterocycles. The summed E-state index contributed by atoms with van der Waals surface area (Å²) in [6, 6.07) is 5.57. The number of aromatic amines is 1. The Morgan fingerprint density at radius 2 is 2.20 bits per heavy atom. The van der Waals surface area contributed by atoms with Crippen LogP contribution in [-0.4, -0.2) is 30.0 Å². The quantitative estimate of drug-likeness (QED) is 0.624. The van der Waals surface area contributed by atoms with Gasteiger partial charge >= 0.3 is 5.97 Å². The van der Waals surface area contributed by atoms with E-state index >= 15 is 0 Å². The van der Waals surface area contributed by atoms with Gasteiger partial charge in [0.25, 0.3) is 5.91 Å². The van der Waals surface area contributed by atoms with E-state index in [2.05, 4.69) is 24.1 Å². The lowest BCUT2D eigenvalue weighted by Crippen LogP contribution is -2.29. The monoisotopic (exact) mass is 342 g/mol. The molecule has 5 nitrogen and oxygen atoms in total. The van der Waals surface area contributed by atoms with Gasteiger partial charge in [0.15, 0.2) is 6.61 Å². The average molecular weight is 342 g/mol. The van der Waals surface area contributed by atoms with Crippen molar-refractivity contribution in [2.24, 2.45) is 5.92 Å². The predicted molar refractivity (Wildman–Crippen MR) is 97.7 cm³/mol. The molecule has 0 fully saturated rings. The van der Waals surface area contributed by atoms with Gasteiger partial charge in [-0.1, -0.05) is 20.3 Å². The third-order valence-corrected chi connectivity index (χ3v) is 4.86. The lowest BCUT2D eigenvalue weighted by molar-refractivity contribution is -0.124. The summed E-state index contributed by atoms with van der Waals surface area (Å²) in [5.41, 5.74) is 4.16. The first-order chi connectivity index (χ1) is 12.1. The maximum absolute atomic E-state index is 12.3. The molecule has 0 unspecified atom stereocenters. The van der Waals surface area contributed by atoms with Crippen LogP contribution in [0, 0.1) is 5.92 Å². The summed E-state index contributed by atoms with van der Waals surface area (Å²) in [5.74, 6) is -0.0454. The molecule has 25 heavy (non-hydrogen) atoms. The van der Waals surface area contributed by atoms with Crippen molar-refractivity contribution in [1.82, 2.24) is 10.3 Å². The van der Waals surface area contributed by atoms with Crippen LogP contribution in [0.1, 0.15) is 54.7 Å². The van der Waals surface area contributed by atoms with Crippen molar-refractivity contribution in [2.45, 2.75) is 46.0 Å². The predicted octanol–water partition coefficient (Wildman–Crippen LogP) is 3.37. The van der Waals surface area contributed by atoms with Crippen LogP contribution in [0.3, 0.4) is 0 Å². The number of hydrogen-bond acceptors (Lipinski definition) is 3. The first-order valence-electron chi connectivity index (χ1n) is 9.15. The zero-order valence-electron chi connectivity index (χ0n) is 15.0. The second-order valence-electron chi connectivity index (χ2n) is 6.97. The second-order valence-corrected chi connectivity index (χ2v) is 6.97. The fourth-order valence-corrected chi connectivity index (χ4v) is 3.39. The Kier molecular flexibility index (Phi) is 5.41. The topological polar surface area (TPSA) is 71.2 Å². The Balaban J connectivity index is 1.68. The molecule has 0 spiro atoms. The molecule has 2 aromatic rings. The number of amides is 1. The molecule has 3 rings (SSSR count). The number of benzene rings is 1. The number of unbranched alkanes of at least 4 members (excludes halogenated alkanes) is 1. The van der Waals surface area contributed by atoms with Gasteiger partial charge in [-0.15, -0.1) is 0 Å². The maximum atomic E-state index is 12.3. The van der Waals surface area contributed by atoms with Crippen molar-refractivity contribution in [2.75, 3.05) is 13.2 Å². The number of esters is 1. The summed E-state index contributed by atoms with van der Waals surface area (Å²) < 4.78 is 5.15. The van der Waals surface area contributed by atoms with Gasteiger partial charge in [-0.25, -0.2) is 4.79 Å². The SMILES string of the molecule is CCCCNC(=O)COC(=O)c1ccc2[nH]c3c(c2c1)C[C@@H](C)CC3. The zero-order valence-corrected chi connectivity index (χ0v) is 15.0. The number of H-pyrrole nitrogens is 1. The van der Waals surface area contributed by atoms with Crippen molar-refractivity contribution in [3.05, 3.63) is 35.0 Å². The first kappa shape index (κ1) is 17.5. The smallest absolute Gasteiger partial charge is 0.338 e. The normalized spacial score (nSPS) is 16.5. The van der Waals surface area contributed by atoms with Crippen molar-refractivity contribution in [3.63, 3.8) is 0 Å². The van der Waals surface area contributed by atoms with Crippen LogP contribution in [-0.2, 0) is 22.4 Å². The van der Waals surface area contributed by atoms with Crippen molar-refractivity contribution < 1.29 is 14.3 Å². The molecular formula is C20H26N2O3. The molecule has 0 bridgehead atoms. The number of aryl methyl sites for hydroxylation is 1. The molecule has 1 aromatic heterocycles. The second kappa shape index (κ2) is 7.72. The summed E-state index contributed by atoms with van der Waals surface area (Å²) in [6.07, 6.45) is 5.23. The molecule has 0 saturated carbocycles. The van der Waals surface area contributed by atoms with Gasteiger partial charge in [-0.3, -0.25) is 4.79 Å². The highest BCUT2D eigenvalue weighted by Gasteiger charge is 2.21. The largest absolute Gasteiger partial charge is 0.452 e. The van der Waals surface area contributed by atoms with Crippen LogP contribution in [0.5, 0.6) is 0 Å². The Hall–Kier alpha value is -2.30. The fourth-order valence-electron chi connectivity index (χ4n) is 3.39. The molecule has 1 aliphatic rings. The Morgan fingerprint density at radius 1 is 1.36 bits per heavy atom. The van der Waals surface area contributed by atoms with E-state index in [1.54, 1.807) is 6.07 Å². The minimum Gasteiger partial charge on any atom is -0.452 e. The highest BCUT2D eigenvalue weighted by atomic mass is 16.5. The molecule has 1 aliphatic carbocycles. The van der Waals surface area contributed by atoms with Crippen molar-refractivity contribution in [1.29, 1.82) is 0 Å². The van der Waals surface area contributed by atoms with Crippen LogP contribution < -0.4 is 5.32 Å². The van der Waals surface area contributed by atoms with Gasteiger partial charge < -0.3 is 15.0 Å². The van der Waals surface area contributed by atoms with Crippen LogP contribution >= 0.6 is 0 Å².